The van der Waals surface area contributed by atoms with E-state index in [0.29, 0.717) is 5.92 Å². The van der Waals surface area contributed by atoms with E-state index in [2.05, 4.69) is 6.92 Å². The molecule has 0 aromatic rings. The van der Waals surface area contributed by atoms with Crippen LogP contribution in [0.2, 0.25) is 0 Å². The molecule has 0 radical (unpaired) electrons. The molecule has 0 aromatic carbocycles. The fourth-order valence-corrected chi connectivity index (χ4v) is 2.93. The second-order valence-corrected chi connectivity index (χ2v) is 6.87. The molecule has 0 saturated heterocycles. The van der Waals surface area contributed by atoms with Gasteiger partial charge in [0.05, 0.1) is 0 Å². The average Bonchev–Trinajstić information content (AvgIpc) is 2.33. The van der Waals surface area contributed by atoms with E-state index in [-0.39, 0.29) is 18.6 Å². The number of carbonyl (C=O) groups excluding carboxylic acids is 1. The summed E-state index contributed by atoms with van der Waals surface area (Å²) >= 11 is 0. The van der Waals surface area contributed by atoms with E-state index in [0.717, 1.165) is 19.3 Å². The summed E-state index contributed by atoms with van der Waals surface area (Å²) in [6, 6.07) is 0.0357. The smallest absolute Gasteiger partial charge is 0.323 e. The Labute approximate surface area is 121 Å². The van der Waals surface area contributed by atoms with Gasteiger partial charge in [-0.2, -0.15) is 0 Å². The Bertz CT molecular complexity index is 363. The summed E-state index contributed by atoms with van der Waals surface area (Å²) < 4.78 is 0. The quantitative estimate of drug-likeness (QED) is 0.867. The van der Waals surface area contributed by atoms with E-state index in [1.807, 2.05) is 20.8 Å². The van der Waals surface area contributed by atoms with Crippen LogP contribution in [0.5, 0.6) is 0 Å². The van der Waals surface area contributed by atoms with E-state index in [4.69, 9.17) is 5.11 Å². The van der Waals surface area contributed by atoms with Crippen molar-refractivity contribution in [1.29, 1.82) is 0 Å². The number of carboxylic acid groups (broad SMARTS) is 1. The second-order valence-electron chi connectivity index (χ2n) is 6.87. The molecule has 1 aliphatic carbocycles. The van der Waals surface area contributed by atoms with Crippen molar-refractivity contribution in [3.63, 3.8) is 0 Å². The van der Waals surface area contributed by atoms with Crippen LogP contribution in [-0.2, 0) is 4.79 Å². The molecule has 1 aliphatic rings. The van der Waals surface area contributed by atoms with E-state index in [1.54, 1.807) is 11.9 Å². The summed E-state index contributed by atoms with van der Waals surface area (Å²) in [5.41, 5.74) is -0.498. The molecule has 20 heavy (non-hydrogen) atoms. The van der Waals surface area contributed by atoms with Crippen molar-refractivity contribution in [2.45, 2.75) is 65.0 Å². The van der Waals surface area contributed by atoms with Gasteiger partial charge in [-0.15, -0.1) is 0 Å². The molecular weight excluding hydrogens is 256 g/mol. The minimum Gasteiger partial charge on any atom is -0.480 e. The molecule has 2 atom stereocenters. The number of rotatable bonds is 3. The van der Waals surface area contributed by atoms with Crippen molar-refractivity contribution >= 4 is 12.0 Å². The summed E-state index contributed by atoms with van der Waals surface area (Å²) in [5.74, 6) is -0.497. The minimum absolute atomic E-state index is 0.182. The molecule has 116 valence electrons. The Morgan fingerprint density at radius 2 is 1.75 bits per heavy atom. The van der Waals surface area contributed by atoms with Gasteiger partial charge in [0.15, 0.2) is 0 Å². The molecule has 2 amide bonds. The normalized spacial score (nSPS) is 23.2. The summed E-state index contributed by atoms with van der Waals surface area (Å²) in [4.78, 5) is 26.9. The molecule has 0 aliphatic heterocycles. The van der Waals surface area contributed by atoms with Crippen LogP contribution >= 0.6 is 0 Å². The first-order valence-electron chi connectivity index (χ1n) is 7.41. The third-order valence-electron chi connectivity index (χ3n) is 4.20. The zero-order valence-corrected chi connectivity index (χ0v) is 13.3. The SMILES string of the molecule is CC1CCCCC1N(C)C(=O)N(CC(=O)O)C(C)(C)C. The zero-order valence-electron chi connectivity index (χ0n) is 13.3. The lowest BCUT2D eigenvalue weighted by atomic mass is 9.85. The Balaban J connectivity index is 2.85. The number of aliphatic carboxylic acids is 1. The number of urea groups is 1. The highest BCUT2D eigenvalue weighted by molar-refractivity contribution is 5.81. The third-order valence-corrected chi connectivity index (χ3v) is 4.20. The van der Waals surface area contributed by atoms with Gasteiger partial charge in [-0.1, -0.05) is 19.8 Å². The van der Waals surface area contributed by atoms with Crippen molar-refractivity contribution in [1.82, 2.24) is 9.80 Å². The van der Waals surface area contributed by atoms with E-state index in [9.17, 15) is 9.59 Å². The van der Waals surface area contributed by atoms with Gasteiger partial charge in [0.25, 0.3) is 0 Å². The van der Waals surface area contributed by atoms with Crippen molar-refractivity contribution in [2.75, 3.05) is 13.6 Å². The first-order valence-corrected chi connectivity index (χ1v) is 7.41. The largest absolute Gasteiger partial charge is 0.480 e. The lowest BCUT2D eigenvalue weighted by molar-refractivity contribution is -0.138. The molecule has 1 fully saturated rings. The van der Waals surface area contributed by atoms with Crippen LogP contribution in [0.15, 0.2) is 0 Å². The fourth-order valence-electron chi connectivity index (χ4n) is 2.93. The van der Waals surface area contributed by atoms with Crippen LogP contribution < -0.4 is 0 Å². The predicted octanol–water partition coefficient (Wildman–Crippen LogP) is 2.80. The summed E-state index contributed by atoms with van der Waals surface area (Å²) in [5, 5.41) is 9.03. The number of carboxylic acids is 1. The van der Waals surface area contributed by atoms with Crippen LogP contribution in [0, 0.1) is 5.92 Å². The minimum atomic E-state index is -0.974. The summed E-state index contributed by atoms with van der Waals surface area (Å²) in [7, 11) is 1.80. The molecule has 1 N–H and O–H groups in total. The Morgan fingerprint density at radius 1 is 1.20 bits per heavy atom. The summed E-state index contributed by atoms with van der Waals surface area (Å²) in [6.45, 7) is 7.52. The van der Waals surface area contributed by atoms with Gasteiger partial charge in [0.2, 0.25) is 0 Å². The van der Waals surface area contributed by atoms with Crippen molar-refractivity contribution in [3.05, 3.63) is 0 Å². The van der Waals surface area contributed by atoms with Crippen molar-refractivity contribution in [2.24, 2.45) is 5.92 Å². The number of hydrogen-bond donors (Lipinski definition) is 1. The number of hydrogen-bond acceptors (Lipinski definition) is 2. The fraction of sp³-hybridized carbons (Fsp3) is 0.867. The second kappa shape index (κ2) is 6.46. The van der Waals surface area contributed by atoms with Gasteiger partial charge in [0, 0.05) is 18.6 Å². The van der Waals surface area contributed by atoms with Gasteiger partial charge in [-0.3, -0.25) is 4.79 Å². The first-order chi connectivity index (χ1) is 9.14. The van der Waals surface area contributed by atoms with Gasteiger partial charge in [-0.25, -0.2) is 4.79 Å². The molecule has 0 heterocycles. The van der Waals surface area contributed by atoms with Gasteiger partial charge in [0.1, 0.15) is 6.54 Å². The van der Waals surface area contributed by atoms with E-state index >= 15 is 0 Å². The standard InChI is InChI=1S/C15H28N2O3/c1-11-8-6-7-9-12(11)16(5)14(20)17(10-13(18)19)15(2,3)4/h11-12H,6-10H2,1-5H3,(H,18,19). The molecule has 1 saturated carbocycles. The van der Waals surface area contributed by atoms with Crippen LogP contribution in [0.3, 0.4) is 0 Å². The molecular formula is C15H28N2O3. The van der Waals surface area contributed by atoms with Crippen LogP contribution in [0.25, 0.3) is 0 Å². The first kappa shape index (κ1) is 16.8. The van der Waals surface area contributed by atoms with Crippen LogP contribution in [0.1, 0.15) is 53.4 Å². The lowest BCUT2D eigenvalue weighted by Gasteiger charge is -2.42. The number of amides is 2. The molecule has 1 rings (SSSR count). The highest BCUT2D eigenvalue weighted by Crippen LogP contribution is 2.28. The molecule has 0 spiro atoms. The van der Waals surface area contributed by atoms with Gasteiger partial charge in [-0.05, 0) is 39.5 Å². The predicted molar refractivity (Wildman–Crippen MR) is 78.7 cm³/mol. The van der Waals surface area contributed by atoms with Crippen molar-refractivity contribution < 1.29 is 14.7 Å². The maximum atomic E-state index is 12.7. The van der Waals surface area contributed by atoms with Crippen molar-refractivity contribution in [3.8, 4) is 0 Å². The van der Waals surface area contributed by atoms with Gasteiger partial charge >= 0.3 is 12.0 Å². The van der Waals surface area contributed by atoms with Crippen LogP contribution in [0.4, 0.5) is 4.79 Å². The Hall–Kier alpha value is -1.26. The molecule has 0 bridgehead atoms. The molecule has 2 unspecified atom stereocenters. The highest BCUT2D eigenvalue weighted by atomic mass is 16.4. The Morgan fingerprint density at radius 3 is 2.20 bits per heavy atom. The number of carbonyl (C=O) groups is 2. The maximum absolute atomic E-state index is 12.7. The van der Waals surface area contributed by atoms with E-state index in [1.165, 1.54) is 11.3 Å². The topological polar surface area (TPSA) is 60.9 Å². The zero-order chi connectivity index (χ0) is 15.5. The molecule has 0 aromatic heterocycles. The number of nitrogens with zero attached hydrogens (tertiary/aromatic N) is 2. The maximum Gasteiger partial charge on any atom is 0.323 e. The van der Waals surface area contributed by atoms with Crippen LogP contribution in [-0.4, -0.2) is 52.1 Å². The summed E-state index contributed by atoms with van der Waals surface area (Å²) in [6.07, 6.45) is 4.50. The molecule has 5 heteroatoms. The third kappa shape index (κ3) is 4.12. The molecule has 5 nitrogen and oxygen atoms in total. The highest BCUT2D eigenvalue weighted by Gasteiger charge is 2.35. The lowest BCUT2D eigenvalue weighted by Crippen LogP contribution is -2.56. The van der Waals surface area contributed by atoms with Gasteiger partial charge < -0.3 is 14.9 Å². The average molecular weight is 284 g/mol. The Kier molecular flexibility index (Phi) is 5.42. The van der Waals surface area contributed by atoms with E-state index < -0.39 is 11.5 Å². The monoisotopic (exact) mass is 284 g/mol.